The average molecular weight is 342 g/mol. The van der Waals surface area contributed by atoms with Crippen molar-refractivity contribution in [2.45, 2.75) is 26.2 Å². The van der Waals surface area contributed by atoms with Gasteiger partial charge < -0.3 is 9.84 Å². The Morgan fingerprint density at radius 3 is 2.76 bits per heavy atom. The van der Waals surface area contributed by atoms with Gasteiger partial charge in [0.25, 0.3) is 11.3 Å². The highest BCUT2D eigenvalue weighted by molar-refractivity contribution is 5.84. The number of methoxy groups -OCH3 is 1. The molecule has 1 aromatic carbocycles. The van der Waals surface area contributed by atoms with Crippen LogP contribution in [0.3, 0.4) is 0 Å². The lowest BCUT2D eigenvalue weighted by Gasteiger charge is -2.16. The molecule has 0 aliphatic rings. The van der Waals surface area contributed by atoms with Crippen LogP contribution in [0.2, 0.25) is 0 Å². The van der Waals surface area contributed by atoms with Gasteiger partial charge >= 0.3 is 0 Å². The summed E-state index contributed by atoms with van der Waals surface area (Å²) in [5.41, 5.74) is -0.151. The van der Waals surface area contributed by atoms with Crippen molar-refractivity contribution in [2.24, 2.45) is 5.10 Å². The minimum Gasteiger partial charge on any atom is -0.504 e. The number of rotatable bonds is 3. The molecule has 0 aliphatic carbocycles. The Morgan fingerprint density at radius 1 is 1.32 bits per heavy atom. The lowest BCUT2D eigenvalue weighted by molar-refractivity contribution is 0.373. The Morgan fingerprint density at radius 2 is 2.08 bits per heavy atom. The molecule has 2 aromatic heterocycles. The zero-order chi connectivity index (χ0) is 18.2. The van der Waals surface area contributed by atoms with E-state index < -0.39 is 11.0 Å². The van der Waals surface area contributed by atoms with E-state index in [0.29, 0.717) is 17.0 Å². The zero-order valence-electron chi connectivity index (χ0n) is 14.3. The number of para-hydroxylation sites is 1. The monoisotopic (exact) mass is 342 g/mol. The number of hydrogen-bond acceptors (Lipinski definition) is 7. The molecule has 0 spiro atoms. The van der Waals surface area contributed by atoms with Crippen molar-refractivity contribution in [1.82, 2.24) is 24.5 Å². The Hall–Kier alpha value is -3.23. The molecule has 3 rings (SSSR count). The van der Waals surface area contributed by atoms with E-state index in [4.69, 9.17) is 4.74 Å². The minimum absolute atomic E-state index is 0.0654. The summed E-state index contributed by atoms with van der Waals surface area (Å²) in [5, 5.41) is 26.3. The van der Waals surface area contributed by atoms with Crippen molar-refractivity contribution in [3.63, 3.8) is 0 Å². The highest BCUT2D eigenvalue weighted by Crippen LogP contribution is 2.28. The number of aromatic hydroxyl groups is 1. The largest absolute Gasteiger partial charge is 0.504 e. The van der Waals surface area contributed by atoms with E-state index in [1.165, 1.54) is 24.2 Å². The van der Waals surface area contributed by atoms with E-state index in [-0.39, 0.29) is 11.5 Å². The highest BCUT2D eigenvalue weighted by atomic mass is 16.5. The first kappa shape index (κ1) is 16.6. The predicted molar refractivity (Wildman–Crippen MR) is 91.4 cm³/mol. The summed E-state index contributed by atoms with van der Waals surface area (Å²) in [5.74, 6) is 0.426. The Bertz CT molecular complexity index is 1010. The Kier molecular flexibility index (Phi) is 3.99. The Labute approximate surface area is 143 Å². The van der Waals surface area contributed by atoms with Crippen LogP contribution in [0, 0.1) is 0 Å². The van der Waals surface area contributed by atoms with Gasteiger partial charge in [0.1, 0.15) is 12.0 Å². The summed E-state index contributed by atoms with van der Waals surface area (Å²) in [7, 11) is 1.46. The van der Waals surface area contributed by atoms with E-state index >= 15 is 0 Å². The number of ether oxygens (including phenoxy) is 1. The number of aromatic nitrogens is 5. The van der Waals surface area contributed by atoms with Crippen LogP contribution in [0.4, 0.5) is 0 Å². The summed E-state index contributed by atoms with van der Waals surface area (Å²) in [4.78, 5) is 12.8. The number of hydrogen-bond donors (Lipinski definition) is 1. The van der Waals surface area contributed by atoms with Gasteiger partial charge in [-0.25, -0.2) is 0 Å². The van der Waals surface area contributed by atoms with Gasteiger partial charge in [0.15, 0.2) is 11.5 Å². The maximum absolute atomic E-state index is 12.8. The van der Waals surface area contributed by atoms with Gasteiger partial charge in [-0.1, -0.05) is 26.8 Å². The number of benzene rings is 1. The van der Waals surface area contributed by atoms with Gasteiger partial charge in [-0.15, -0.1) is 10.2 Å². The molecule has 3 aromatic rings. The Balaban J connectivity index is 2.18. The van der Waals surface area contributed by atoms with Crippen molar-refractivity contribution in [3.8, 4) is 11.5 Å². The molecule has 130 valence electrons. The highest BCUT2D eigenvalue weighted by Gasteiger charge is 2.23. The second-order valence-electron chi connectivity index (χ2n) is 6.43. The van der Waals surface area contributed by atoms with Crippen LogP contribution in [0.5, 0.6) is 11.5 Å². The molecule has 0 radical (unpaired) electrons. The van der Waals surface area contributed by atoms with E-state index in [0.717, 1.165) is 4.68 Å². The number of nitrogens with zero attached hydrogens (tertiary/aromatic N) is 6. The smallest absolute Gasteiger partial charge is 0.298 e. The van der Waals surface area contributed by atoms with Crippen molar-refractivity contribution >= 4 is 12.0 Å². The molecular weight excluding hydrogens is 324 g/mol. The normalized spacial score (nSPS) is 12.2. The van der Waals surface area contributed by atoms with E-state index in [2.05, 4.69) is 20.4 Å². The minimum atomic E-state index is -0.481. The topological polar surface area (TPSA) is 107 Å². The molecule has 2 heterocycles. The van der Waals surface area contributed by atoms with Crippen molar-refractivity contribution in [2.75, 3.05) is 7.11 Å². The van der Waals surface area contributed by atoms with E-state index in [1.807, 2.05) is 20.8 Å². The summed E-state index contributed by atoms with van der Waals surface area (Å²) in [6.45, 7) is 5.65. The maximum atomic E-state index is 12.8. The van der Waals surface area contributed by atoms with Crippen molar-refractivity contribution < 1.29 is 9.84 Å². The maximum Gasteiger partial charge on any atom is 0.298 e. The van der Waals surface area contributed by atoms with Gasteiger partial charge in [-0.2, -0.15) is 19.4 Å². The molecule has 0 saturated heterocycles. The molecule has 0 atom stereocenters. The van der Waals surface area contributed by atoms with Crippen LogP contribution >= 0.6 is 0 Å². The van der Waals surface area contributed by atoms with Crippen LogP contribution in [-0.4, -0.2) is 42.9 Å². The molecular formula is C16H18N6O3. The third-order valence-electron chi connectivity index (χ3n) is 3.58. The zero-order valence-corrected chi connectivity index (χ0v) is 14.3. The fraction of sp³-hybridized carbons (Fsp3) is 0.312. The first-order valence-corrected chi connectivity index (χ1v) is 7.57. The molecule has 0 amide bonds. The van der Waals surface area contributed by atoms with Crippen molar-refractivity contribution in [3.05, 3.63) is 46.1 Å². The molecule has 1 N–H and O–H groups in total. The van der Waals surface area contributed by atoms with Crippen LogP contribution in [-0.2, 0) is 5.41 Å². The first-order valence-electron chi connectivity index (χ1n) is 7.57. The quantitative estimate of drug-likeness (QED) is 0.716. The first-order chi connectivity index (χ1) is 11.8. The van der Waals surface area contributed by atoms with Crippen LogP contribution in [0.25, 0.3) is 5.78 Å². The summed E-state index contributed by atoms with van der Waals surface area (Å²) < 4.78 is 7.57. The fourth-order valence-corrected chi connectivity index (χ4v) is 2.28. The van der Waals surface area contributed by atoms with Gasteiger partial charge in [0.05, 0.1) is 13.3 Å². The van der Waals surface area contributed by atoms with Gasteiger partial charge in [-0.3, -0.25) is 4.79 Å². The van der Waals surface area contributed by atoms with Crippen LogP contribution in [0.1, 0.15) is 32.0 Å². The predicted octanol–water partition coefficient (Wildman–Crippen LogP) is 1.18. The lowest BCUT2D eigenvalue weighted by Crippen LogP contribution is -2.33. The SMILES string of the molecule is COc1cccc(/C=N/n2c(=O)c(C(C)(C)C)nn3cnnc23)c1O. The molecule has 0 unspecified atom stereocenters. The second kappa shape index (κ2) is 6.00. The fourth-order valence-electron chi connectivity index (χ4n) is 2.28. The van der Waals surface area contributed by atoms with Gasteiger partial charge in [0.2, 0.25) is 0 Å². The molecule has 0 bridgehead atoms. The van der Waals surface area contributed by atoms with E-state index in [1.54, 1.807) is 18.2 Å². The average Bonchev–Trinajstić information content (AvgIpc) is 3.02. The van der Waals surface area contributed by atoms with E-state index in [9.17, 15) is 9.90 Å². The number of fused-ring (bicyclic) bond motifs is 1. The third kappa shape index (κ3) is 2.95. The number of phenolic OH excluding ortho intramolecular Hbond substituents is 1. The number of phenols is 1. The summed E-state index contributed by atoms with van der Waals surface area (Å²) >= 11 is 0. The molecule has 0 aliphatic heterocycles. The van der Waals surface area contributed by atoms with Crippen LogP contribution in [0.15, 0.2) is 34.4 Å². The van der Waals surface area contributed by atoms with Gasteiger partial charge in [-0.05, 0) is 12.1 Å². The summed E-state index contributed by atoms with van der Waals surface area (Å²) in [6, 6.07) is 4.99. The molecule has 9 heteroatoms. The molecule has 9 nitrogen and oxygen atoms in total. The van der Waals surface area contributed by atoms with Crippen LogP contribution < -0.4 is 10.3 Å². The summed E-state index contributed by atoms with van der Waals surface area (Å²) in [6.07, 6.45) is 2.76. The molecule has 25 heavy (non-hydrogen) atoms. The van der Waals surface area contributed by atoms with Crippen molar-refractivity contribution in [1.29, 1.82) is 0 Å². The van der Waals surface area contributed by atoms with Gasteiger partial charge in [0, 0.05) is 11.0 Å². The molecule has 0 saturated carbocycles. The lowest BCUT2D eigenvalue weighted by atomic mass is 9.93. The second-order valence-corrected chi connectivity index (χ2v) is 6.43. The third-order valence-corrected chi connectivity index (χ3v) is 3.58. The molecule has 0 fully saturated rings. The standard InChI is InChI=1S/C16H18N6O3/c1-16(2,3)13-14(24)22(15-19-17-9-21(15)20-13)18-8-10-6-5-7-11(25-4)12(10)23/h5-9,23H,1-4H3/b18-8+.